The van der Waals surface area contributed by atoms with E-state index in [0.717, 1.165) is 12.5 Å². The van der Waals surface area contributed by atoms with Crippen molar-refractivity contribution in [1.29, 1.82) is 0 Å². The second-order valence-electron chi connectivity index (χ2n) is 4.06. The maximum Gasteiger partial charge on any atom is 0.181 e. The van der Waals surface area contributed by atoms with Crippen molar-refractivity contribution in [3.05, 3.63) is 30.1 Å². The lowest BCUT2D eigenvalue weighted by Gasteiger charge is -2.22. The Morgan fingerprint density at radius 3 is 2.56 bits per heavy atom. The standard InChI is InChI=1S/C12H15FO4S/c13-10-4-1-2-5-11(10)18(14,15)9-6-12-16-7-3-8-17-12/h1-2,4-5,12H,3,6-9H2. The molecule has 1 aromatic carbocycles. The lowest BCUT2D eigenvalue weighted by atomic mass is 10.3. The molecule has 0 amide bonds. The van der Waals surface area contributed by atoms with Crippen molar-refractivity contribution in [2.45, 2.75) is 24.0 Å². The molecule has 1 fully saturated rings. The first-order chi connectivity index (χ1) is 8.59. The third kappa shape index (κ3) is 3.28. The van der Waals surface area contributed by atoms with E-state index in [1.807, 2.05) is 0 Å². The van der Waals surface area contributed by atoms with E-state index >= 15 is 0 Å². The number of ether oxygens (including phenoxy) is 2. The first-order valence-electron chi connectivity index (χ1n) is 5.80. The fourth-order valence-electron chi connectivity index (χ4n) is 1.76. The van der Waals surface area contributed by atoms with E-state index < -0.39 is 21.9 Å². The van der Waals surface area contributed by atoms with Crippen molar-refractivity contribution in [3.8, 4) is 0 Å². The van der Waals surface area contributed by atoms with Crippen LogP contribution in [0.1, 0.15) is 12.8 Å². The summed E-state index contributed by atoms with van der Waals surface area (Å²) < 4.78 is 47.8. The molecule has 0 saturated carbocycles. The maximum atomic E-state index is 13.4. The zero-order valence-corrected chi connectivity index (χ0v) is 10.7. The molecule has 2 rings (SSSR count). The molecule has 18 heavy (non-hydrogen) atoms. The second-order valence-corrected chi connectivity index (χ2v) is 6.14. The van der Waals surface area contributed by atoms with Gasteiger partial charge in [-0.15, -0.1) is 0 Å². The van der Waals surface area contributed by atoms with Gasteiger partial charge in [-0.05, 0) is 18.6 Å². The minimum Gasteiger partial charge on any atom is -0.353 e. The van der Waals surface area contributed by atoms with E-state index in [9.17, 15) is 12.8 Å². The van der Waals surface area contributed by atoms with Crippen molar-refractivity contribution in [2.24, 2.45) is 0 Å². The van der Waals surface area contributed by atoms with Gasteiger partial charge in [-0.25, -0.2) is 12.8 Å². The second kappa shape index (κ2) is 5.77. The monoisotopic (exact) mass is 274 g/mol. The Kier molecular flexibility index (Phi) is 4.31. The maximum absolute atomic E-state index is 13.4. The van der Waals surface area contributed by atoms with Crippen LogP contribution in [0.4, 0.5) is 4.39 Å². The summed E-state index contributed by atoms with van der Waals surface area (Å²) in [5.41, 5.74) is 0. The van der Waals surface area contributed by atoms with Crippen LogP contribution in [-0.2, 0) is 19.3 Å². The van der Waals surface area contributed by atoms with Gasteiger partial charge in [-0.2, -0.15) is 0 Å². The fourth-order valence-corrected chi connectivity index (χ4v) is 3.14. The molecule has 0 radical (unpaired) electrons. The van der Waals surface area contributed by atoms with Crippen LogP contribution < -0.4 is 0 Å². The van der Waals surface area contributed by atoms with Crippen LogP contribution in [-0.4, -0.2) is 33.7 Å². The van der Waals surface area contributed by atoms with Gasteiger partial charge in [-0.3, -0.25) is 0 Å². The summed E-state index contributed by atoms with van der Waals surface area (Å²) in [5, 5.41) is 0. The first-order valence-corrected chi connectivity index (χ1v) is 7.45. The Morgan fingerprint density at radius 1 is 1.22 bits per heavy atom. The number of benzene rings is 1. The number of sulfone groups is 1. The van der Waals surface area contributed by atoms with Gasteiger partial charge in [0.25, 0.3) is 0 Å². The highest BCUT2D eigenvalue weighted by atomic mass is 32.2. The van der Waals surface area contributed by atoms with Crippen LogP contribution in [0.25, 0.3) is 0 Å². The molecule has 0 atom stereocenters. The first kappa shape index (κ1) is 13.5. The van der Waals surface area contributed by atoms with Crippen molar-refractivity contribution in [2.75, 3.05) is 19.0 Å². The third-order valence-corrected chi connectivity index (χ3v) is 4.46. The van der Waals surface area contributed by atoms with Gasteiger partial charge in [0.2, 0.25) is 0 Å². The van der Waals surface area contributed by atoms with Gasteiger partial charge >= 0.3 is 0 Å². The average molecular weight is 274 g/mol. The van der Waals surface area contributed by atoms with Gasteiger partial charge in [-0.1, -0.05) is 12.1 Å². The predicted molar refractivity (Wildman–Crippen MR) is 63.4 cm³/mol. The highest BCUT2D eigenvalue weighted by Crippen LogP contribution is 2.18. The van der Waals surface area contributed by atoms with Gasteiger partial charge in [0.15, 0.2) is 16.1 Å². The van der Waals surface area contributed by atoms with Gasteiger partial charge in [0.05, 0.1) is 19.0 Å². The molecule has 0 aliphatic carbocycles. The third-order valence-electron chi connectivity index (χ3n) is 2.69. The van der Waals surface area contributed by atoms with Crippen LogP contribution in [0, 0.1) is 5.82 Å². The number of hydrogen-bond donors (Lipinski definition) is 0. The Bertz CT molecular complexity index is 495. The molecule has 0 aromatic heterocycles. The molecular formula is C12H15FO4S. The lowest BCUT2D eigenvalue weighted by molar-refractivity contribution is -0.178. The fraction of sp³-hybridized carbons (Fsp3) is 0.500. The normalized spacial score (nSPS) is 17.8. The smallest absolute Gasteiger partial charge is 0.181 e. The average Bonchev–Trinajstić information content (AvgIpc) is 2.38. The van der Waals surface area contributed by atoms with E-state index in [1.54, 1.807) is 0 Å². The molecule has 0 unspecified atom stereocenters. The molecule has 100 valence electrons. The minimum absolute atomic E-state index is 0.182. The van der Waals surface area contributed by atoms with Gasteiger partial charge < -0.3 is 9.47 Å². The van der Waals surface area contributed by atoms with E-state index in [-0.39, 0.29) is 17.1 Å². The van der Waals surface area contributed by atoms with Crippen molar-refractivity contribution in [3.63, 3.8) is 0 Å². The van der Waals surface area contributed by atoms with E-state index in [2.05, 4.69) is 0 Å². The molecule has 0 spiro atoms. The molecule has 1 aliphatic heterocycles. The minimum atomic E-state index is -3.63. The Labute approximate surface area is 106 Å². The van der Waals surface area contributed by atoms with Crippen LogP contribution in [0.3, 0.4) is 0 Å². The molecule has 1 heterocycles. The molecule has 6 heteroatoms. The van der Waals surface area contributed by atoms with Crippen LogP contribution >= 0.6 is 0 Å². The summed E-state index contributed by atoms with van der Waals surface area (Å²) in [6.45, 7) is 1.15. The molecule has 0 N–H and O–H groups in total. The molecule has 1 aromatic rings. The summed E-state index contributed by atoms with van der Waals surface area (Å²) in [6, 6.07) is 5.37. The van der Waals surface area contributed by atoms with Crippen LogP contribution in [0.2, 0.25) is 0 Å². The topological polar surface area (TPSA) is 52.6 Å². The van der Waals surface area contributed by atoms with Crippen LogP contribution in [0.15, 0.2) is 29.2 Å². The lowest BCUT2D eigenvalue weighted by Crippen LogP contribution is -2.27. The highest BCUT2D eigenvalue weighted by Gasteiger charge is 2.22. The quantitative estimate of drug-likeness (QED) is 0.839. The number of halogens is 1. The summed E-state index contributed by atoms with van der Waals surface area (Å²) in [6.07, 6.45) is 0.535. The largest absolute Gasteiger partial charge is 0.353 e. The zero-order valence-electron chi connectivity index (χ0n) is 9.84. The molecule has 0 bridgehead atoms. The Balaban J connectivity index is 2.01. The molecule has 1 saturated heterocycles. The Morgan fingerprint density at radius 2 is 1.89 bits per heavy atom. The van der Waals surface area contributed by atoms with Crippen molar-refractivity contribution < 1.29 is 22.3 Å². The predicted octanol–water partition coefficient (Wildman–Crippen LogP) is 1.75. The van der Waals surface area contributed by atoms with Gasteiger partial charge in [0.1, 0.15) is 10.7 Å². The SMILES string of the molecule is O=S(=O)(CCC1OCCCO1)c1ccccc1F. The summed E-state index contributed by atoms with van der Waals surface area (Å²) >= 11 is 0. The summed E-state index contributed by atoms with van der Waals surface area (Å²) in [4.78, 5) is -0.263. The van der Waals surface area contributed by atoms with Crippen molar-refractivity contribution in [1.82, 2.24) is 0 Å². The van der Waals surface area contributed by atoms with E-state index in [0.29, 0.717) is 13.2 Å². The molecule has 4 nitrogen and oxygen atoms in total. The van der Waals surface area contributed by atoms with E-state index in [1.165, 1.54) is 18.2 Å². The van der Waals surface area contributed by atoms with Crippen LogP contribution in [0.5, 0.6) is 0 Å². The zero-order chi connectivity index (χ0) is 13.0. The molecular weight excluding hydrogens is 259 g/mol. The highest BCUT2D eigenvalue weighted by molar-refractivity contribution is 7.91. The van der Waals surface area contributed by atoms with Crippen molar-refractivity contribution >= 4 is 9.84 Å². The number of hydrogen-bond acceptors (Lipinski definition) is 4. The molecule has 1 aliphatic rings. The summed E-state index contributed by atoms with van der Waals surface area (Å²) in [7, 11) is -3.63. The Hall–Kier alpha value is -0.980. The van der Waals surface area contributed by atoms with Gasteiger partial charge in [0, 0.05) is 6.42 Å². The number of rotatable bonds is 4. The van der Waals surface area contributed by atoms with E-state index in [4.69, 9.17) is 9.47 Å². The summed E-state index contributed by atoms with van der Waals surface area (Å²) in [5.74, 6) is -0.901.